The topological polar surface area (TPSA) is 77.2 Å². The van der Waals surface area contributed by atoms with Gasteiger partial charge in [-0.25, -0.2) is 9.37 Å². The molecular formula is C25H23ClFN3O3. The van der Waals surface area contributed by atoms with E-state index in [9.17, 15) is 14.3 Å². The van der Waals surface area contributed by atoms with E-state index in [4.69, 9.17) is 16.3 Å². The third-order valence-electron chi connectivity index (χ3n) is 5.66. The molecule has 0 saturated heterocycles. The van der Waals surface area contributed by atoms with Crippen LogP contribution in [0.1, 0.15) is 36.6 Å². The molecule has 0 fully saturated rings. The van der Waals surface area contributed by atoms with E-state index in [1.54, 1.807) is 18.3 Å². The van der Waals surface area contributed by atoms with E-state index in [-0.39, 0.29) is 50.3 Å². The van der Waals surface area contributed by atoms with Gasteiger partial charge in [0.2, 0.25) is 0 Å². The Morgan fingerprint density at radius 1 is 1.21 bits per heavy atom. The second kappa shape index (κ2) is 8.48. The lowest BCUT2D eigenvalue weighted by Crippen LogP contribution is -2.24. The molecule has 0 amide bonds. The van der Waals surface area contributed by atoms with Crippen molar-refractivity contribution >= 4 is 22.6 Å². The van der Waals surface area contributed by atoms with Crippen molar-refractivity contribution < 1.29 is 14.2 Å². The average Bonchev–Trinajstić information content (AvgIpc) is 2.78. The molecule has 0 atom stereocenters. The average molecular weight is 468 g/mol. The van der Waals surface area contributed by atoms with Crippen LogP contribution in [0.15, 0.2) is 41.3 Å². The summed E-state index contributed by atoms with van der Waals surface area (Å²) in [5.74, 6) is -0.544. The van der Waals surface area contributed by atoms with Crippen LogP contribution in [-0.2, 0) is 0 Å². The Bertz CT molecular complexity index is 1460. The minimum atomic E-state index is -0.575. The van der Waals surface area contributed by atoms with Crippen LogP contribution < -0.4 is 10.3 Å². The highest BCUT2D eigenvalue weighted by molar-refractivity contribution is 6.34. The molecule has 0 aliphatic heterocycles. The number of aromatic hydroxyl groups is 1. The second-order valence-corrected chi connectivity index (χ2v) is 8.54. The highest BCUT2D eigenvalue weighted by Gasteiger charge is 2.24. The van der Waals surface area contributed by atoms with Gasteiger partial charge in [0.15, 0.2) is 5.65 Å². The summed E-state index contributed by atoms with van der Waals surface area (Å²) in [6.45, 7) is 7.37. The molecule has 8 heteroatoms. The van der Waals surface area contributed by atoms with Crippen LogP contribution in [0.3, 0.4) is 0 Å². The number of hydrogen-bond donors (Lipinski definition) is 1. The molecule has 3 aromatic heterocycles. The van der Waals surface area contributed by atoms with Crippen LogP contribution >= 0.6 is 11.6 Å². The molecule has 0 aliphatic carbocycles. The second-order valence-electron chi connectivity index (χ2n) is 8.14. The lowest BCUT2D eigenvalue weighted by Gasteiger charge is -2.20. The minimum absolute atomic E-state index is 0.00870. The standard InChI is InChI=1S/C25H23ClFN3O3/c1-12(2)20-22(13(3)9-10-28-20)30-24-15(23(31)14(4)25(30)32)11-16(26)21(29-24)19-17(27)7-6-8-18(19)33-5/h6-12,31H,1-5H3. The summed E-state index contributed by atoms with van der Waals surface area (Å²) in [5, 5.41) is 11.2. The molecule has 0 bridgehead atoms. The Balaban J connectivity index is 2.22. The zero-order valence-corrected chi connectivity index (χ0v) is 19.7. The van der Waals surface area contributed by atoms with Crippen molar-refractivity contribution in [2.45, 2.75) is 33.6 Å². The number of methoxy groups -OCH3 is 1. The number of aryl methyl sites for hydroxylation is 1. The summed E-state index contributed by atoms with van der Waals surface area (Å²) < 4.78 is 21.6. The number of fused-ring (bicyclic) bond motifs is 1. The van der Waals surface area contributed by atoms with Crippen LogP contribution in [0.25, 0.3) is 28.0 Å². The number of halogens is 2. The number of nitrogens with zero attached hydrogens (tertiary/aromatic N) is 3. The summed E-state index contributed by atoms with van der Waals surface area (Å²) in [7, 11) is 1.42. The Hall–Kier alpha value is -3.45. The van der Waals surface area contributed by atoms with E-state index in [0.717, 1.165) is 5.56 Å². The van der Waals surface area contributed by atoms with E-state index in [1.165, 1.54) is 36.8 Å². The maximum absolute atomic E-state index is 14.9. The predicted octanol–water partition coefficient (Wildman–Crippen LogP) is 5.69. The molecule has 0 radical (unpaired) electrons. The summed E-state index contributed by atoms with van der Waals surface area (Å²) in [4.78, 5) is 22.6. The van der Waals surface area contributed by atoms with Crippen molar-refractivity contribution in [2.24, 2.45) is 0 Å². The quantitative estimate of drug-likeness (QED) is 0.417. The normalized spacial score (nSPS) is 11.4. The lowest BCUT2D eigenvalue weighted by atomic mass is 10.0. The van der Waals surface area contributed by atoms with Gasteiger partial charge in [0.25, 0.3) is 5.56 Å². The number of hydrogen-bond acceptors (Lipinski definition) is 5. The fraction of sp³-hybridized carbons (Fsp3) is 0.240. The molecule has 1 aromatic carbocycles. The highest BCUT2D eigenvalue weighted by Crippen LogP contribution is 2.39. The lowest BCUT2D eigenvalue weighted by molar-refractivity contribution is 0.413. The van der Waals surface area contributed by atoms with Gasteiger partial charge < -0.3 is 9.84 Å². The van der Waals surface area contributed by atoms with Crippen molar-refractivity contribution in [2.75, 3.05) is 7.11 Å². The highest BCUT2D eigenvalue weighted by atomic mass is 35.5. The van der Waals surface area contributed by atoms with Gasteiger partial charge in [-0.2, -0.15) is 0 Å². The van der Waals surface area contributed by atoms with Crippen molar-refractivity contribution in [1.82, 2.24) is 14.5 Å². The Labute approximate surface area is 195 Å². The maximum atomic E-state index is 14.9. The van der Waals surface area contributed by atoms with Crippen molar-refractivity contribution in [3.8, 4) is 28.4 Å². The van der Waals surface area contributed by atoms with Crippen LogP contribution in [0.2, 0.25) is 5.02 Å². The van der Waals surface area contributed by atoms with Gasteiger partial charge in [0.1, 0.15) is 17.3 Å². The summed E-state index contributed by atoms with van der Waals surface area (Å²) >= 11 is 6.52. The predicted molar refractivity (Wildman–Crippen MR) is 127 cm³/mol. The number of ether oxygens (including phenoxy) is 1. The molecule has 33 heavy (non-hydrogen) atoms. The fourth-order valence-electron chi connectivity index (χ4n) is 3.96. The van der Waals surface area contributed by atoms with Crippen LogP contribution in [0, 0.1) is 19.7 Å². The van der Waals surface area contributed by atoms with E-state index in [1.807, 2.05) is 20.8 Å². The van der Waals surface area contributed by atoms with Gasteiger partial charge >= 0.3 is 0 Å². The Kier molecular flexibility index (Phi) is 5.84. The zero-order valence-electron chi connectivity index (χ0n) is 18.9. The van der Waals surface area contributed by atoms with Crippen LogP contribution in [-0.4, -0.2) is 26.8 Å². The van der Waals surface area contributed by atoms with Gasteiger partial charge in [0.05, 0.1) is 45.7 Å². The van der Waals surface area contributed by atoms with Gasteiger partial charge in [-0.05, 0) is 49.6 Å². The molecule has 4 rings (SSSR count). The van der Waals surface area contributed by atoms with E-state index < -0.39 is 11.4 Å². The molecule has 0 unspecified atom stereocenters. The molecule has 0 saturated carbocycles. The number of benzene rings is 1. The maximum Gasteiger partial charge on any atom is 0.263 e. The first-order valence-corrected chi connectivity index (χ1v) is 10.8. The molecule has 3 heterocycles. The monoisotopic (exact) mass is 467 g/mol. The Morgan fingerprint density at radius 3 is 2.61 bits per heavy atom. The molecular weight excluding hydrogens is 445 g/mol. The summed E-state index contributed by atoms with van der Waals surface area (Å²) in [6.07, 6.45) is 1.69. The molecule has 0 spiro atoms. The van der Waals surface area contributed by atoms with Gasteiger partial charge in [-0.1, -0.05) is 31.5 Å². The zero-order chi connectivity index (χ0) is 24.0. The third kappa shape index (κ3) is 3.62. The smallest absolute Gasteiger partial charge is 0.263 e. The van der Waals surface area contributed by atoms with Gasteiger partial charge in [-0.3, -0.25) is 14.3 Å². The van der Waals surface area contributed by atoms with Crippen molar-refractivity contribution in [3.63, 3.8) is 0 Å². The SMILES string of the molecule is COc1cccc(F)c1-c1nc2c(cc1Cl)c(O)c(C)c(=O)n2-c1c(C)ccnc1C(C)C. The largest absolute Gasteiger partial charge is 0.507 e. The first-order valence-electron chi connectivity index (χ1n) is 10.4. The number of aromatic nitrogens is 3. The van der Waals surface area contributed by atoms with Crippen molar-refractivity contribution in [1.29, 1.82) is 0 Å². The van der Waals surface area contributed by atoms with E-state index in [0.29, 0.717) is 11.4 Å². The fourth-order valence-corrected chi connectivity index (χ4v) is 4.21. The van der Waals surface area contributed by atoms with Crippen LogP contribution in [0.4, 0.5) is 4.39 Å². The first kappa shape index (κ1) is 22.7. The van der Waals surface area contributed by atoms with Crippen LogP contribution in [0.5, 0.6) is 11.5 Å². The van der Waals surface area contributed by atoms with E-state index >= 15 is 0 Å². The first-order chi connectivity index (χ1) is 15.7. The van der Waals surface area contributed by atoms with Crippen molar-refractivity contribution in [3.05, 3.63) is 74.5 Å². The summed E-state index contributed by atoms with van der Waals surface area (Å²) in [6, 6.07) is 7.69. The molecule has 4 aromatic rings. The molecule has 6 nitrogen and oxygen atoms in total. The Morgan fingerprint density at radius 2 is 1.94 bits per heavy atom. The van der Waals surface area contributed by atoms with Gasteiger partial charge in [0, 0.05) is 6.20 Å². The molecule has 1 N–H and O–H groups in total. The van der Waals surface area contributed by atoms with E-state index in [2.05, 4.69) is 9.97 Å². The number of rotatable bonds is 4. The number of pyridine rings is 3. The molecule has 0 aliphatic rings. The summed E-state index contributed by atoms with van der Waals surface area (Å²) in [5.41, 5.74) is 2.10. The molecule has 170 valence electrons. The van der Waals surface area contributed by atoms with Gasteiger partial charge in [-0.15, -0.1) is 0 Å². The minimum Gasteiger partial charge on any atom is -0.507 e. The third-order valence-corrected chi connectivity index (χ3v) is 5.95.